The smallest absolute Gasteiger partial charge is 0.374 e. The van der Waals surface area contributed by atoms with Crippen molar-refractivity contribution < 1.29 is 28.1 Å². The van der Waals surface area contributed by atoms with Crippen molar-refractivity contribution in [1.29, 1.82) is 0 Å². The Balaban J connectivity index is 1.55. The van der Waals surface area contributed by atoms with Gasteiger partial charge in [-0.2, -0.15) is 0 Å². The second kappa shape index (κ2) is 8.21. The molecule has 1 aromatic carbocycles. The van der Waals surface area contributed by atoms with Gasteiger partial charge in [0.1, 0.15) is 11.5 Å². The number of amides is 1. The van der Waals surface area contributed by atoms with Crippen LogP contribution in [0.1, 0.15) is 29.3 Å². The van der Waals surface area contributed by atoms with Crippen LogP contribution in [-0.4, -0.2) is 23.4 Å². The first-order valence-electron chi connectivity index (χ1n) is 8.28. The summed E-state index contributed by atoms with van der Waals surface area (Å²) in [5.74, 6) is -0.440. The average Bonchev–Trinajstić information content (AvgIpc) is 3.38. The molecule has 144 valence electrons. The SMILES string of the molecule is C[C@H](NC(=O)COC(=O)c1ccc(-c2ccc([N+](=O)[O-])cc2)o1)c1ccco1. The number of rotatable bonds is 7. The molecule has 0 saturated heterocycles. The summed E-state index contributed by atoms with van der Waals surface area (Å²) in [4.78, 5) is 34.1. The highest BCUT2D eigenvalue weighted by Gasteiger charge is 2.17. The Kier molecular flexibility index (Phi) is 5.54. The maximum atomic E-state index is 12.0. The lowest BCUT2D eigenvalue weighted by Crippen LogP contribution is -2.30. The van der Waals surface area contributed by atoms with Gasteiger partial charge in [-0.3, -0.25) is 14.9 Å². The molecule has 0 aliphatic heterocycles. The maximum absolute atomic E-state index is 12.0. The Morgan fingerprint density at radius 1 is 1.18 bits per heavy atom. The van der Waals surface area contributed by atoms with Crippen LogP contribution in [-0.2, 0) is 9.53 Å². The van der Waals surface area contributed by atoms with Gasteiger partial charge in [0.25, 0.3) is 11.6 Å². The van der Waals surface area contributed by atoms with Crippen molar-refractivity contribution in [3.05, 3.63) is 76.4 Å². The van der Waals surface area contributed by atoms with Gasteiger partial charge in [0, 0.05) is 17.7 Å². The van der Waals surface area contributed by atoms with Crippen LogP contribution >= 0.6 is 0 Å². The lowest BCUT2D eigenvalue weighted by molar-refractivity contribution is -0.384. The minimum atomic E-state index is -0.797. The van der Waals surface area contributed by atoms with Gasteiger partial charge in [0.05, 0.1) is 17.2 Å². The molecular formula is C19H16N2O7. The molecule has 1 amide bonds. The highest BCUT2D eigenvalue weighted by Crippen LogP contribution is 2.24. The van der Waals surface area contributed by atoms with Crippen LogP contribution in [0.4, 0.5) is 5.69 Å². The number of nitro groups is 1. The number of carbonyl (C=O) groups excluding carboxylic acids is 2. The lowest BCUT2D eigenvalue weighted by Gasteiger charge is -2.11. The Hall–Kier alpha value is -3.88. The normalized spacial score (nSPS) is 11.6. The fourth-order valence-electron chi connectivity index (χ4n) is 2.44. The van der Waals surface area contributed by atoms with E-state index in [1.165, 1.54) is 42.7 Å². The molecule has 0 aliphatic carbocycles. The van der Waals surface area contributed by atoms with E-state index in [0.29, 0.717) is 17.1 Å². The van der Waals surface area contributed by atoms with Gasteiger partial charge in [-0.05, 0) is 43.3 Å². The third-order valence-electron chi connectivity index (χ3n) is 3.85. The first-order chi connectivity index (χ1) is 13.4. The molecule has 2 heterocycles. The highest BCUT2D eigenvalue weighted by atomic mass is 16.6. The largest absolute Gasteiger partial charge is 0.467 e. The summed E-state index contributed by atoms with van der Waals surface area (Å²) >= 11 is 0. The van der Waals surface area contributed by atoms with Crippen molar-refractivity contribution in [3.8, 4) is 11.3 Å². The van der Waals surface area contributed by atoms with Gasteiger partial charge in [-0.1, -0.05) is 0 Å². The number of hydrogen-bond donors (Lipinski definition) is 1. The molecule has 0 bridgehead atoms. The van der Waals surface area contributed by atoms with Crippen LogP contribution in [0.5, 0.6) is 0 Å². The summed E-state index contributed by atoms with van der Waals surface area (Å²) in [5, 5.41) is 13.3. The molecule has 1 atom stereocenters. The molecule has 0 fully saturated rings. The molecule has 0 radical (unpaired) electrons. The maximum Gasteiger partial charge on any atom is 0.374 e. The third kappa shape index (κ3) is 4.44. The molecule has 0 spiro atoms. The van der Waals surface area contributed by atoms with E-state index in [4.69, 9.17) is 13.6 Å². The number of nitro benzene ring substituents is 1. The van der Waals surface area contributed by atoms with Gasteiger partial charge < -0.3 is 18.9 Å². The van der Waals surface area contributed by atoms with Crippen molar-refractivity contribution in [2.24, 2.45) is 0 Å². The summed E-state index contributed by atoms with van der Waals surface area (Å²) in [6, 6.07) is 11.7. The number of nitrogens with one attached hydrogen (secondary N) is 1. The molecule has 1 N–H and O–H groups in total. The van der Waals surface area contributed by atoms with Crippen LogP contribution in [0.3, 0.4) is 0 Å². The monoisotopic (exact) mass is 384 g/mol. The second-order valence-electron chi connectivity index (χ2n) is 5.85. The van der Waals surface area contributed by atoms with Gasteiger partial charge in [-0.15, -0.1) is 0 Å². The molecule has 3 rings (SSSR count). The highest BCUT2D eigenvalue weighted by molar-refractivity contribution is 5.89. The number of furan rings is 2. The molecule has 0 unspecified atom stereocenters. The number of benzene rings is 1. The van der Waals surface area contributed by atoms with Crippen molar-refractivity contribution in [1.82, 2.24) is 5.32 Å². The topological polar surface area (TPSA) is 125 Å². The van der Waals surface area contributed by atoms with Crippen molar-refractivity contribution >= 4 is 17.6 Å². The Morgan fingerprint density at radius 3 is 2.57 bits per heavy atom. The first kappa shape index (κ1) is 18.9. The zero-order valence-corrected chi connectivity index (χ0v) is 14.8. The minimum absolute atomic E-state index is 0.0512. The molecule has 9 heteroatoms. The molecule has 28 heavy (non-hydrogen) atoms. The lowest BCUT2D eigenvalue weighted by atomic mass is 10.1. The van der Waals surface area contributed by atoms with Crippen LogP contribution in [0, 0.1) is 10.1 Å². The number of carbonyl (C=O) groups is 2. The second-order valence-corrected chi connectivity index (χ2v) is 5.85. The van der Waals surface area contributed by atoms with Crippen LogP contribution in [0.25, 0.3) is 11.3 Å². The van der Waals surface area contributed by atoms with Gasteiger partial charge in [0.15, 0.2) is 6.61 Å². The predicted molar refractivity (Wildman–Crippen MR) is 96.3 cm³/mol. The van der Waals surface area contributed by atoms with E-state index in [0.717, 1.165) is 0 Å². The van der Waals surface area contributed by atoms with E-state index in [1.807, 2.05) is 0 Å². The minimum Gasteiger partial charge on any atom is -0.467 e. The summed E-state index contributed by atoms with van der Waals surface area (Å²) in [6.45, 7) is 1.26. The Bertz CT molecular complexity index is 974. The van der Waals surface area contributed by atoms with Crippen molar-refractivity contribution in [2.75, 3.05) is 6.61 Å². The van der Waals surface area contributed by atoms with Crippen molar-refractivity contribution in [3.63, 3.8) is 0 Å². The van der Waals surface area contributed by atoms with Crippen LogP contribution in [0.15, 0.2) is 63.6 Å². The Labute approximate surface area is 159 Å². The summed E-state index contributed by atoms with van der Waals surface area (Å²) in [7, 11) is 0. The number of ether oxygens (including phenoxy) is 1. The number of hydrogen-bond acceptors (Lipinski definition) is 7. The zero-order chi connectivity index (χ0) is 20.1. The van der Waals surface area contributed by atoms with Crippen LogP contribution < -0.4 is 5.32 Å². The van der Waals surface area contributed by atoms with E-state index in [9.17, 15) is 19.7 Å². The predicted octanol–water partition coefficient (Wildman–Crippen LogP) is 3.48. The number of esters is 1. The van der Waals surface area contributed by atoms with E-state index in [2.05, 4.69) is 5.32 Å². The average molecular weight is 384 g/mol. The fourth-order valence-corrected chi connectivity index (χ4v) is 2.44. The first-order valence-corrected chi connectivity index (χ1v) is 8.28. The van der Waals surface area contributed by atoms with Gasteiger partial charge in [-0.25, -0.2) is 4.79 Å². The van der Waals surface area contributed by atoms with Crippen molar-refractivity contribution in [2.45, 2.75) is 13.0 Å². The molecule has 0 aliphatic rings. The van der Waals surface area contributed by atoms with Gasteiger partial charge >= 0.3 is 5.97 Å². The van der Waals surface area contributed by atoms with E-state index >= 15 is 0 Å². The van der Waals surface area contributed by atoms with E-state index in [1.54, 1.807) is 19.1 Å². The summed E-state index contributed by atoms with van der Waals surface area (Å²) in [6.07, 6.45) is 1.50. The molecule has 0 saturated carbocycles. The zero-order valence-electron chi connectivity index (χ0n) is 14.8. The summed E-state index contributed by atoms with van der Waals surface area (Å²) < 4.78 is 15.5. The number of nitrogens with zero attached hydrogens (tertiary/aromatic N) is 1. The molecular weight excluding hydrogens is 368 g/mol. The fraction of sp³-hybridized carbons (Fsp3) is 0.158. The standard InChI is InChI=1S/C19H16N2O7/c1-12(15-3-2-10-26-15)20-18(22)11-27-19(23)17-9-8-16(28-17)13-4-6-14(7-5-13)21(24)25/h2-10,12H,11H2,1H3,(H,20,22)/t12-/m0/s1. The summed E-state index contributed by atoms with van der Waals surface area (Å²) in [5.41, 5.74) is 0.513. The number of non-ortho nitro benzene ring substituents is 1. The molecule has 3 aromatic rings. The van der Waals surface area contributed by atoms with E-state index < -0.39 is 23.4 Å². The quantitative estimate of drug-likeness (QED) is 0.375. The molecule has 2 aromatic heterocycles. The van der Waals surface area contributed by atoms with Crippen LogP contribution in [0.2, 0.25) is 0 Å². The third-order valence-corrected chi connectivity index (χ3v) is 3.85. The van der Waals surface area contributed by atoms with E-state index in [-0.39, 0.29) is 17.5 Å². The van der Waals surface area contributed by atoms with Gasteiger partial charge in [0.2, 0.25) is 5.76 Å². The molecule has 9 nitrogen and oxygen atoms in total. The Morgan fingerprint density at radius 2 is 1.93 bits per heavy atom.